The fourth-order valence-electron chi connectivity index (χ4n) is 3.23. The lowest BCUT2D eigenvalue weighted by Gasteiger charge is -2.05. The minimum Gasteiger partial charge on any atom is -0.223 e. The maximum Gasteiger partial charge on any atom is 0.250 e. The highest BCUT2D eigenvalue weighted by molar-refractivity contribution is 5.70. The fourth-order valence-corrected chi connectivity index (χ4v) is 3.23. The number of nitrogens with zero attached hydrogens (tertiary/aromatic N) is 2. The highest BCUT2D eigenvalue weighted by Gasteiger charge is 2.35. The minimum atomic E-state index is -0.957. The fraction of sp³-hybridized carbons (Fsp3) is 0.211. The van der Waals surface area contributed by atoms with E-state index in [0.717, 1.165) is 33.8 Å². The zero-order valence-corrected chi connectivity index (χ0v) is 12.5. The maximum atomic E-state index is 8.85. The molecule has 2 heteroatoms. The summed E-state index contributed by atoms with van der Waals surface area (Å²) in [5.74, 6) is 0. The van der Waals surface area contributed by atoms with Gasteiger partial charge < -0.3 is 0 Å². The van der Waals surface area contributed by atoms with Gasteiger partial charge >= 0.3 is 0 Å². The molecule has 2 aromatic carbocycles. The van der Waals surface area contributed by atoms with Gasteiger partial charge in [0, 0.05) is 18.1 Å². The van der Waals surface area contributed by atoms with E-state index in [1.807, 2.05) is 59.4 Å². The number of aromatic nitrogens is 2. The van der Waals surface area contributed by atoms with E-state index >= 15 is 0 Å². The third kappa shape index (κ3) is 1.62. The van der Waals surface area contributed by atoms with Gasteiger partial charge in [0.25, 0.3) is 0 Å². The molecule has 0 aliphatic carbocycles. The molecular weight excluding hydrogens is 256 g/mol. The van der Waals surface area contributed by atoms with Crippen LogP contribution in [0.25, 0.3) is 16.9 Å². The summed E-state index contributed by atoms with van der Waals surface area (Å²) in [4.78, 5) is 0. The van der Waals surface area contributed by atoms with Gasteiger partial charge in [-0.15, -0.1) is 0 Å². The first kappa shape index (κ1) is 10.4. The monoisotopic (exact) mass is 277 g/mol. The normalized spacial score (nSPS) is 20.7. The number of fused-ring (bicyclic) bond motifs is 3. The molecule has 0 amide bonds. The Kier molecular flexibility index (Phi) is 2.14. The van der Waals surface area contributed by atoms with Gasteiger partial charge in [-0.3, -0.25) is 0 Å². The molecule has 1 atom stereocenters. The van der Waals surface area contributed by atoms with Gasteiger partial charge in [0.1, 0.15) is 11.7 Å². The van der Waals surface area contributed by atoms with Crippen LogP contribution in [0.1, 0.15) is 32.5 Å². The SMILES string of the molecule is [2H]c1n2c(c(C)[n+]1-c1ccccc1C)-c1ccccc1C2([2H])C. The van der Waals surface area contributed by atoms with E-state index in [0.29, 0.717) is 6.30 Å². The molecule has 0 radical (unpaired) electrons. The Labute approximate surface area is 128 Å². The van der Waals surface area contributed by atoms with Crippen LogP contribution >= 0.6 is 0 Å². The molecule has 1 unspecified atom stereocenters. The van der Waals surface area contributed by atoms with Crippen molar-refractivity contribution in [1.29, 1.82) is 0 Å². The largest absolute Gasteiger partial charge is 0.250 e. The molecule has 104 valence electrons. The Morgan fingerprint density at radius 2 is 1.81 bits per heavy atom. The second-order valence-electron chi connectivity index (χ2n) is 5.62. The molecule has 1 aliphatic rings. The lowest BCUT2D eigenvalue weighted by molar-refractivity contribution is -0.602. The number of imidazole rings is 1. The first-order valence-corrected chi connectivity index (χ1v) is 7.25. The summed E-state index contributed by atoms with van der Waals surface area (Å²) in [5, 5.41) is 0. The maximum absolute atomic E-state index is 8.85. The summed E-state index contributed by atoms with van der Waals surface area (Å²) in [7, 11) is 0. The van der Waals surface area contributed by atoms with Gasteiger partial charge in [0.05, 0.1) is 1.37 Å². The van der Waals surface area contributed by atoms with Crippen molar-refractivity contribution >= 4 is 0 Å². The van der Waals surface area contributed by atoms with Gasteiger partial charge in [0.15, 0.2) is 12.8 Å². The first-order chi connectivity index (χ1) is 10.9. The quantitative estimate of drug-likeness (QED) is 0.595. The van der Waals surface area contributed by atoms with Crippen molar-refractivity contribution in [2.24, 2.45) is 0 Å². The zero-order valence-electron chi connectivity index (χ0n) is 14.5. The number of benzene rings is 2. The minimum absolute atomic E-state index is 0.348. The molecule has 2 heterocycles. The van der Waals surface area contributed by atoms with Crippen LogP contribution in [0.15, 0.2) is 54.8 Å². The van der Waals surface area contributed by atoms with Crippen LogP contribution in [0.2, 0.25) is 0 Å². The van der Waals surface area contributed by atoms with Crippen LogP contribution in [-0.4, -0.2) is 4.57 Å². The number of aryl methyl sites for hydroxylation is 1. The van der Waals surface area contributed by atoms with E-state index in [-0.39, 0.29) is 0 Å². The van der Waals surface area contributed by atoms with Crippen molar-refractivity contribution in [1.82, 2.24) is 4.57 Å². The van der Waals surface area contributed by atoms with E-state index < -0.39 is 6.02 Å². The van der Waals surface area contributed by atoms with E-state index in [1.54, 1.807) is 0 Å². The highest BCUT2D eigenvalue weighted by atomic mass is 15.2. The third-order valence-electron chi connectivity index (χ3n) is 4.37. The summed E-state index contributed by atoms with van der Waals surface area (Å²) in [6.07, 6.45) is 0.348. The van der Waals surface area contributed by atoms with Gasteiger partial charge in [-0.2, -0.15) is 4.57 Å². The van der Waals surface area contributed by atoms with Crippen LogP contribution in [0.5, 0.6) is 0 Å². The number of rotatable bonds is 1. The predicted octanol–water partition coefficient (Wildman–Crippen LogP) is 3.97. The van der Waals surface area contributed by atoms with Crippen LogP contribution in [-0.2, 0) is 0 Å². The number of hydrogen-bond donors (Lipinski definition) is 0. The van der Waals surface area contributed by atoms with E-state index in [1.165, 1.54) is 0 Å². The van der Waals surface area contributed by atoms with E-state index in [4.69, 9.17) is 2.74 Å². The van der Waals surface area contributed by atoms with Gasteiger partial charge in [-0.05, 0) is 25.5 Å². The van der Waals surface area contributed by atoms with Crippen LogP contribution < -0.4 is 4.57 Å². The Morgan fingerprint density at radius 3 is 2.62 bits per heavy atom. The zero-order chi connectivity index (χ0) is 16.4. The Hall–Kier alpha value is -2.35. The summed E-state index contributed by atoms with van der Waals surface area (Å²) in [6, 6.07) is 15.1. The smallest absolute Gasteiger partial charge is 0.223 e. The van der Waals surface area contributed by atoms with Gasteiger partial charge in [0.2, 0.25) is 6.30 Å². The Balaban J connectivity index is 2.10. The van der Waals surface area contributed by atoms with Crippen molar-refractivity contribution < 1.29 is 7.31 Å². The molecule has 1 aliphatic heterocycles. The van der Waals surface area contributed by atoms with Crippen LogP contribution in [0, 0.1) is 13.8 Å². The number of hydrogen-bond acceptors (Lipinski definition) is 0. The number of para-hydroxylation sites is 1. The summed E-state index contributed by atoms with van der Waals surface area (Å²) >= 11 is 0. The van der Waals surface area contributed by atoms with Crippen molar-refractivity contribution in [2.45, 2.75) is 26.8 Å². The molecule has 0 bridgehead atoms. The summed E-state index contributed by atoms with van der Waals surface area (Å²) < 4.78 is 21.4. The summed E-state index contributed by atoms with van der Waals surface area (Å²) in [6.45, 7) is 5.95. The standard InChI is InChI=1S/C19H19N2/c1-13-8-4-7-11-18(13)20-12-21-14(2)16-9-5-6-10-17(16)19(21)15(20)3/h4-12,14H,1-3H3/q+1/i12D,14D. The van der Waals surface area contributed by atoms with Gasteiger partial charge in [-0.25, -0.2) is 4.57 Å². The van der Waals surface area contributed by atoms with E-state index in [9.17, 15) is 0 Å². The average molecular weight is 277 g/mol. The van der Waals surface area contributed by atoms with Gasteiger partial charge in [-0.1, -0.05) is 42.5 Å². The highest BCUT2D eigenvalue weighted by Crippen LogP contribution is 2.40. The molecule has 2 nitrogen and oxygen atoms in total. The molecule has 0 spiro atoms. The third-order valence-corrected chi connectivity index (χ3v) is 4.37. The molecule has 0 fully saturated rings. The van der Waals surface area contributed by atoms with Crippen LogP contribution in [0.4, 0.5) is 0 Å². The predicted molar refractivity (Wildman–Crippen MR) is 84.7 cm³/mol. The molecular formula is C19H19N2+. The van der Waals surface area contributed by atoms with Crippen molar-refractivity contribution in [2.75, 3.05) is 0 Å². The van der Waals surface area contributed by atoms with E-state index in [2.05, 4.69) is 19.1 Å². The second-order valence-corrected chi connectivity index (χ2v) is 5.62. The lowest BCUT2D eigenvalue weighted by Crippen LogP contribution is -2.33. The van der Waals surface area contributed by atoms with Crippen LogP contribution in [0.3, 0.4) is 0 Å². The lowest BCUT2D eigenvalue weighted by atomic mass is 10.0. The van der Waals surface area contributed by atoms with Crippen molar-refractivity contribution in [3.05, 3.63) is 71.7 Å². The Morgan fingerprint density at radius 1 is 1.10 bits per heavy atom. The second kappa shape index (κ2) is 4.32. The average Bonchev–Trinajstić information content (AvgIpc) is 2.93. The molecule has 3 aromatic rings. The molecule has 0 saturated carbocycles. The summed E-state index contributed by atoms with van der Waals surface area (Å²) in [5.41, 5.74) is 6.13. The molecule has 0 N–H and O–H groups in total. The molecule has 21 heavy (non-hydrogen) atoms. The van der Waals surface area contributed by atoms with Crippen molar-refractivity contribution in [3.63, 3.8) is 0 Å². The first-order valence-electron chi connectivity index (χ1n) is 8.25. The van der Waals surface area contributed by atoms with Crippen molar-refractivity contribution in [3.8, 4) is 16.9 Å². The topological polar surface area (TPSA) is 8.81 Å². The molecule has 1 aromatic heterocycles. The Bertz CT molecular complexity index is 939. The molecule has 4 rings (SSSR count). The molecule has 0 saturated heterocycles.